The Hall–Kier alpha value is -3.72. The van der Waals surface area contributed by atoms with Gasteiger partial charge < -0.3 is 16.4 Å². The average molecular weight is 476 g/mol. The number of rotatable bonds is 3. The molecule has 0 spiro atoms. The van der Waals surface area contributed by atoms with Crippen molar-refractivity contribution in [2.24, 2.45) is 0 Å². The predicted molar refractivity (Wildman–Crippen MR) is 91.6 cm³/mol. The van der Waals surface area contributed by atoms with Gasteiger partial charge in [-0.2, -0.15) is 39.5 Å². The van der Waals surface area contributed by atoms with Crippen LogP contribution in [-0.2, 0) is 18.5 Å². The van der Waals surface area contributed by atoms with Gasteiger partial charge in [0.15, 0.2) is 0 Å². The summed E-state index contributed by atoms with van der Waals surface area (Å²) >= 11 is 0. The van der Waals surface area contributed by atoms with Gasteiger partial charge in [0.05, 0.1) is 27.3 Å². The summed E-state index contributed by atoms with van der Waals surface area (Å²) in [6, 6.07) is -1.25. The Balaban J connectivity index is 2.43. The fourth-order valence-electron chi connectivity index (χ4n) is 2.37. The van der Waals surface area contributed by atoms with Gasteiger partial charge in [0.25, 0.3) is 5.69 Å². The fourth-order valence-corrected chi connectivity index (χ4v) is 2.37. The van der Waals surface area contributed by atoms with Gasteiger partial charge in [0.2, 0.25) is 0 Å². The van der Waals surface area contributed by atoms with Crippen molar-refractivity contribution in [3.63, 3.8) is 0 Å². The van der Waals surface area contributed by atoms with Gasteiger partial charge in [-0.05, 0) is 24.3 Å². The molecule has 0 saturated carbocycles. The van der Waals surface area contributed by atoms with Crippen LogP contribution in [-0.4, -0.2) is 11.0 Å². The van der Waals surface area contributed by atoms with Crippen LogP contribution in [0.4, 0.5) is 67.1 Å². The minimum absolute atomic E-state index is 0.0842. The van der Waals surface area contributed by atoms with Crippen LogP contribution in [0.2, 0.25) is 0 Å². The lowest BCUT2D eigenvalue weighted by Crippen LogP contribution is -2.22. The van der Waals surface area contributed by atoms with Crippen molar-refractivity contribution in [3.8, 4) is 0 Å². The van der Waals surface area contributed by atoms with E-state index in [2.05, 4.69) is 0 Å². The highest BCUT2D eigenvalue weighted by Gasteiger charge is 2.37. The van der Waals surface area contributed by atoms with E-state index in [1.165, 1.54) is 0 Å². The standard InChI is InChI=1S/C16H9F9N4O3/c17-14(18,19)6-1-7(15(20,21)22)3-9(2-6)27-13(30)28-10-4-8(16(23,24)25)5-11(12(10)26)29(31)32/h1-5H,26H2,(H2,27,28,30). The van der Waals surface area contributed by atoms with E-state index in [0.29, 0.717) is 0 Å². The van der Waals surface area contributed by atoms with Crippen LogP contribution < -0.4 is 16.4 Å². The molecule has 0 aromatic heterocycles. The summed E-state index contributed by atoms with van der Waals surface area (Å²) < 4.78 is 116. The molecule has 2 amide bonds. The molecule has 0 aliphatic carbocycles. The zero-order chi connectivity index (χ0) is 24.6. The number of nitrogen functional groups attached to an aromatic ring is 1. The lowest BCUT2D eigenvalue weighted by molar-refractivity contribution is -0.384. The maximum Gasteiger partial charge on any atom is 0.416 e. The van der Waals surface area contributed by atoms with Crippen LogP contribution in [0.5, 0.6) is 0 Å². The normalized spacial score (nSPS) is 12.4. The second-order valence-electron chi connectivity index (χ2n) is 6.09. The Morgan fingerprint density at radius 2 is 1.22 bits per heavy atom. The third-order valence-electron chi connectivity index (χ3n) is 3.78. The Labute approximate surface area is 171 Å². The molecular formula is C16H9F9N4O3. The van der Waals surface area contributed by atoms with E-state index in [1.54, 1.807) is 10.6 Å². The van der Waals surface area contributed by atoms with Crippen molar-refractivity contribution in [1.82, 2.24) is 0 Å². The van der Waals surface area contributed by atoms with Crippen molar-refractivity contribution in [2.45, 2.75) is 18.5 Å². The third kappa shape index (κ3) is 5.70. The topological polar surface area (TPSA) is 110 Å². The first-order valence-corrected chi connectivity index (χ1v) is 7.92. The average Bonchev–Trinajstić information content (AvgIpc) is 2.60. The van der Waals surface area contributed by atoms with Gasteiger partial charge in [-0.15, -0.1) is 0 Å². The number of alkyl halides is 9. The van der Waals surface area contributed by atoms with Gasteiger partial charge in [-0.3, -0.25) is 10.1 Å². The van der Waals surface area contributed by atoms with Gasteiger partial charge in [-0.1, -0.05) is 0 Å². The van der Waals surface area contributed by atoms with E-state index in [0.717, 1.165) is 0 Å². The maximum atomic E-state index is 12.9. The smallest absolute Gasteiger partial charge is 0.391 e. The molecule has 0 bridgehead atoms. The zero-order valence-electron chi connectivity index (χ0n) is 15.0. The number of nitro benzene ring substituents is 1. The Morgan fingerprint density at radius 1 is 0.781 bits per heavy atom. The van der Waals surface area contributed by atoms with Gasteiger partial charge in [-0.25, -0.2) is 4.79 Å². The van der Waals surface area contributed by atoms with Crippen LogP contribution in [0, 0.1) is 10.1 Å². The second kappa shape index (κ2) is 8.08. The second-order valence-corrected chi connectivity index (χ2v) is 6.09. The number of hydrogen-bond donors (Lipinski definition) is 3. The van der Waals surface area contributed by atoms with Crippen LogP contribution in [0.1, 0.15) is 16.7 Å². The van der Waals surface area contributed by atoms with Crippen molar-refractivity contribution in [1.29, 1.82) is 0 Å². The number of nitro groups is 1. The number of anilines is 3. The predicted octanol–water partition coefficient (Wildman–Crippen LogP) is 5.88. The first kappa shape index (κ1) is 24.5. The number of nitrogens with two attached hydrogens (primary N) is 1. The number of nitrogens with one attached hydrogen (secondary N) is 2. The van der Waals surface area contributed by atoms with Crippen LogP contribution in [0.25, 0.3) is 0 Å². The molecule has 7 nitrogen and oxygen atoms in total. The van der Waals surface area contributed by atoms with Crippen molar-refractivity contribution in [3.05, 3.63) is 57.1 Å². The number of urea groups is 1. The molecule has 2 aromatic carbocycles. The number of carbonyl (C=O) groups is 1. The van der Waals surface area contributed by atoms with E-state index < -0.39 is 68.9 Å². The molecule has 0 aliphatic rings. The van der Waals surface area contributed by atoms with Gasteiger partial charge in [0, 0.05) is 11.8 Å². The van der Waals surface area contributed by atoms with E-state index in [9.17, 15) is 54.4 Å². The number of hydrogen-bond acceptors (Lipinski definition) is 4. The minimum Gasteiger partial charge on any atom is -0.391 e. The number of halogens is 9. The van der Waals surface area contributed by atoms with Gasteiger partial charge in [0.1, 0.15) is 5.69 Å². The fraction of sp³-hybridized carbons (Fsp3) is 0.188. The number of benzene rings is 2. The molecule has 16 heteroatoms. The number of amides is 2. The molecule has 0 unspecified atom stereocenters. The molecule has 0 radical (unpaired) electrons. The van der Waals surface area contributed by atoms with Crippen LogP contribution in [0.3, 0.4) is 0 Å². The minimum atomic E-state index is -5.22. The maximum absolute atomic E-state index is 12.9. The first-order valence-electron chi connectivity index (χ1n) is 7.92. The van der Waals surface area contributed by atoms with E-state index in [-0.39, 0.29) is 30.3 Å². The molecule has 0 atom stereocenters. The van der Waals surface area contributed by atoms with Crippen molar-refractivity contribution < 1.29 is 49.2 Å². The van der Waals surface area contributed by atoms with Crippen LogP contribution >= 0.6 is 0 Å². The van der Waals surface area contributed by atoms with E-state index >= 15 is 0 Å². The summed E-state index contributed by atoms with van der Waals surface area (Å²) in [4.78, 5) is 21.6. The molecular weight excluding hydrogens is 467 g/mol. The molecule has 0 fully saturated rings. The monoisotopic (exact) mass is 476 g/mol. The Kier molecular flexibility index (Phi) is 6.20. The van der Waals surface area contributed by atoms with E-state index in [4.69, 9.17) is 5.73 Å². The summed E-state index contributed by atoms with van der Waals surface area (Å²) in [5.41, 5.74) is -3.91. The number of carbonyl (C=O) groups excluding carboxylic acids is 1. The molecule has 174 valence electrons. The highest BCUT2D eigenvalue weighted by atomic mass is 19.4. The summed E-state index contributed by atoms with van der Waals surface area (Å²) in [6.07, 6.45) is -15.5. The molecule has 0 saturated heterocycles. The van der Waals surface area contributed by atoms with Crippen LogP contribution in [0.15, 0.2) is 30.3 Å². The molecule has 0 aliphatic heterocycles. The highest BCUT2D eigenvalue weighted by Crippen LogP contribution is 2.39. The van der Waals surface area contributed by atoms with Crippen molar-refractivity contribution >= 4 is 28.8 Å². The summed E-state index contributed by atoms with van der Waals surface area (Å²) in [5, 5.41) is 14.1. The number of nitrogens with zero attached hydrogens (tertiary/aromatic N) is 1. The molecule has 2 aromatic rings. The Morgan fingerprint density at radius 3 is 1.62 bits per heavy atom. The summed E-state index contributed by atoms with van der Waals surface area (Å²) in [6.45, 7) is 0. The SMILES string of the molecule is Nc1c(NC(=O)Nc2cc(C(F)(F)F)cc(C(F)(F)F)c2)cc(C(F)(F)F)cc1[N+](=O)[O-]. The highest BCUT2D eigenvalue weighted by molar-refractivity contribution is 6.02. The lowest BCUT2D eigenvalue weighted by Gasteiger charge is -2.16. The summed E-state index contributed by atoms with van der Waals surface area (Å²) in [5.74, 6) is 0. The lowest BCUT2D eigenvalue weighted by atomic mass is 10.1. The van der Waals surface area contributed by atoms with E-state index in [1.807, 2.05) is 0 Å². The largest absolute Gasteiger partial charge is 0.416 e. The molecule has 2 rings (SSSR count). The zero-order valence-corrected chi connectivity index (χ0v) is 15.0. The van der Waals surface area contributed by atoms with Crippen molar-refractivity contribution in [2.75, 3.05) is 16.4 Å². The Bertz CT molecular complexity index is 1030. The molecule has 32 heavy (non-hydrogen) atoms. The molecule has 0 heterocycles. The first-order chi connectivity index (χ1) is 14.4. The third-order valence-corrected chi connectivity index (χ3v) is 3.78. The quantitative estimate of drug-likeness (QED) is 0.223. The van der Waals surface area contributed by atoms with Gasteiger partial charge >= 0.3 is 24.6 Å². The molecule has 4 N–H and O–H groups in total. The summed E-state index contributed by atoms with van der Waals surface area (Å²) in [7, 11) is 0.